The summed E-state index contributed by atoms with van der Waals surface area (Å²) in [7, 11) is -1.97. The molecule has 0 spiro atoms. The van der Waals surface area contributed by atoms with Gasteiger partial charge >= 0.3 is 0 Å². The lowest BCUT2D eigenvalue weighted by Crippen LogP contribution is -2.42. The quantitative estimate of drug-likeness (QED) is 0.786. The Morgan fingerprint density at radius 2 is 2.00 bits per heavy atom. The predicted molar refractivity (Wildman–Crippen MR) is 104 cm³/mol. The first kappa shape index (κ1) is 19.8. The number of hydrogen-bond acceptors (Lipinski definition) is 5. The van der Waals surface area contributed by atoms with Gasteiger partial charge in [0.15, 0.2) is 0 Å². The van der Waals surface area contributed by atoms with Gasteiger partial charge in [0.25, 0.3) is 0 Å². The van der Waals surface area contributed by atoms with Gasteiger partial charge in [0.2, 0.25) is 10.0 Å². The van der Waals surface area contributed by atoms with Crippen LogP contribution in [0.3, 0.4) is 0 Å². The number of sulfonamides is 1. The third-order valence-electron chi connectivity index (χ3n) is 4.72. The zero-order chi connectivity index (χ0) is 19.3. The summed E-state index contributed by atoms with van der Waals surface area (Å²) in [5.41, 5.74) is 1.94. The molecule has 0 bridgehead atoms. The largest absolute Gasteiger partial charge is 0.496 e. The Bertz CT molecular complexity index is 856. The molecule has 2 aromatic carbocycles. The van der Waals surface area contributed by atoms with Crippen molar-refractivity contribution in [2.45, 2.75) is 17.9 Å². The topological polar surface area (TPSA) is 67.9 Å². The van der Waals surface area contributed by atoms with Gasteiger partial charge in [-0.25, -0.2) is 13.1 Å². The summed E-state index contributed by atoms with van der Waals surface area (Å²) in [6.45, 7) is 5.02. The average molecular weight is 391 g/mol. The molecule has 1 saturated heterocycles. The number of hydrogen-bond donors (Lipinski definition) is 1. The summed E-state index contributed by atoms with van der Waals surface area (Å²) in [6.07, 6.45) is 0.0285. The number of benzene rings is 2. The van der Waals surface area contributed by atoms with Crippen molar-refractivity contribution in [2.24, 2.45) is 0 Å². The van der Waals surface area contributed by atoms with E-state index in [1.807, 2.05) is 25.1 Å². The molecule has 2 aromatic rings. The van der Waals surface area contributed by atoms with E-state index in [4.69, 9.17) is 9.47 Å². The maximum absolute atomic E-state index is 12.5. The molecule has 1 aliphatic heterocycles. The Morgan fingerprint density at radius 1 is 1.22 bits per heavy atom. The van der Waals surface area contributed by atoms with E-state index in [0.29, 0.717) is 25.4 Å². The van der Waals surface area contributed by atoms with Crippen LogP contribution >= 0.6 is 0 Å². The second-order valence-electron chi connectivity index (χ2n) is 6.60. The maximum Gasteiger partial charge on any atom is 0.240 e. The van der Waals surface area contributed by atoms with Crippen LogP contribution in [0.15, 0.2) is 53.4 Å². The second-order valence-corrected chi connectivity index (χ2v) is 8.37. The van der Waals surface area contributed by atoms with E-state index in [9.17, 15) is 8.42 Å². The van der Waals surface area contributed by atoms with E-state index < -0.39 is 10.0 Å². The standard InChI is InChI=1S/C20H26N2O4S/c1-16-14-18(8-9-19(16)25-2)27(23,24)21-10-11-22-12-13-26-20(15-22)17-6-4-3-5-7-17/h3-9,14,20-21H,10-13,15H2,1-2H3. The third-order valence-corrected chi connectivity index (χ3v) is 6.18. The number of nitrogens with zero attached hydrogens (tertiary/aromatic N) is 1. The number of nitrogens with one attached hydrogen (secondary N) is 1. The molecule has 3 rings (SSSR count). The Morgan fingerprint density at radius 3 is 2.70 bits per heavy atom. The molecule has 0 amide bonds. The Kier molecular flexibility index (Phi) is 6.49. The molecule has 1 aliphatic rings. The second kappa shape index (κ2) is 8.84. The van der Waals surface area contributed by atoms with Crippen LogP contribution in [-0.2, 0) is 14.8 Å². The zero-order valence-electron chi connectivity index (χ0n) is 15.7. The minimum absolute atomic E-state index is 0.0285. The Hall–Kier alpha value is -1.93. The summed E-state index contributed by atoms with van der Waals surface area (Å²) in [6, 6.07) is 15.0. The molecule has 7 heteroatoms. The van der Waals surface area contributed by atoms with Crippen LogP contribution in [0.1, 0.15) is 17.2 Å². The van der Waals surface area contributed by atoms with Crippen LogP contribution in [0.4, 0.5) is 0 Å². The first-order chi connectivity index (χ1) is 13.0. The predicted octanol–water partition coefficient (Wildman–Crippen LogP) is 2.36. The van der Waals surface area contributed by atoms with E-state index in [-0.39, 0.29) is 11.0 Å². The fourth-order valence-corrected chi connectivity index (χ4v) is 4.32. The average Bonchev–Trinajstić information content (AvgIpc) is 2.69. The van der Waals surface area contributed by atoms with Gasteiger partial charge in [-0.05, 0) is 36.2 Å². The molecular formula is C20H26N2O4S. The van der Waals surface area contributed by atoms with Gasteiger partial charge in [0, 0.05) is 26.2 Å². The summed E-state index contributed by atoms with van der Waals surface area (Å²) in [4.78, 5) is 2.48. The maximum atomic E-state index is 12.5. The highest BCUT2D eigenvalue weighted by atomic mass is 32.2. The fourth-order valence-electron chi connectivity index (χ4n) is 3.21. The molecule has 146 valence electrons. The lowest BCUT2D eigenvalue weighted by atomic mass is 10.1. The number of ether oxygens (including phenoxy) is 2. The van der Waals surface area contributed by atoms with E-state index in [1.54, 1.807) is 25.3 Å². The minimum atomic E-state index is -3.54. The van der Waals surface area contributed by atoms with Crippen LogP contribution in [0.5, 0.6) is 5.75 Å². The fraction of sp³-hybridized carbons (Fsp3) is 0.400. The zero-order valence-corrected chi connectivity index (χ0v) is 16.5. The van der Waals surface area contributed by atoms with Gasteiger partial charge in [-0.15, -0.1) is 0 Å². The molecular weight excluding hydrogens is 364 g/mol. The molecule has 0 aliphatic carbocycles. The van der Waals surface area contributed by atoms with E-state index in [0.717, 1.165) is 24.2 Å². The first-order valence-electron chi connectivity index (χ1n) is 9.03. The van der Waals surface area contributed by atoms with Crippen LogP contribution in [-0.4, -0.2) is 53.2 Å². The van der Waals surface area contributed by atoms with Crippen LogP contribution in [0.2, 0.25) is 0 Å². The normalized spacial score (nSPS) is 18.4. The molecule has 1 unspecified atom stereocenters. The SMILES string of the molecule is COc1ccc(S(=O)(=O)NCCN2CCOC(c3ccccc3)C2)cc1C. The van der Waals surface area contributed by atoms with Crippen molar-refractivity contribution in [1.29, 1.82) is 0 Å². The molecule has 1 atom stereocenters. The first-order valence-corrected chi connectivity index (χ1v) is 10.5. The molecule has 0 saturated carbocycles. The van der Waals surface area contributed by atoms with Crippen molar-refractivity contribution in [3.8, 4) is 5.75 Å². The molecule has 1 N–H and O–H groups in total. The molecule has 1 heterocycles. The van der Waals surface area contributed by atoms with Gasteiger partial charge in [0.1, 0.15) is 5.75 Å². The lowest BCUT2D eigenvalue weighted by Gasteiger charge is -2.33. The highest BCUT2D eigenvalue weighted by Crippen LogP contribution is 2.22. The lowest BCUT2D eigenvalue weighted by molar-refractivity contribution is -0.0291. The molecule has 27 heavy (non-hydrogen) atoms. The van der Waals surface area contributed by atoms with Gasteiger partial charge in [-0.1, -0.05) is 30.3 Å². The molecule has 0 radical (unpaired) electrons. The van der Waals surface area contributed by atoms with Crippen molar-refractivity contribution >= 4 is 10.0 Å². The Balaban J connectivity index is 1.55. The summed E-state index contributed by atoms with van der Waals surface area (Å²) >= 11 is 0. The van der Waals surface area contributed by atoms with Crippen molar-refractivity contribution in [1.82, 2.24) is 9.62 Å². The monoisotopic (exact) mass is 390 g/mol. The van der Waals surface area contributed by atoms with Gasteiger partial charge in [-0.3, -0.25) is 4.90 Å². The van der Waals surface area contributed by atoms with Crippen molar-refractivity contribution < 1.29 is 17.9 Å². The smallest absolute Gasteiger partial charge is 0.240 e. The minimum Gasteiger partial charge on any atom is -0.496 e. The number of rotatable bonds is 7. The molecule has 6 nitrogen and oxygen atoms in total. The summed E-state index contributed by atoms with van der Waals surface area (Å²) < 4.78 is 38.8. The molecule has 0 aromatic heterocycles. The highest BCUT2D eigenvalue weighted by Gasteiger charge is 2.22. The van der Waals surface area contributed by atoms with Crippen molar-refractivity contribution in [3.05, 3.63) is 59.7 Å². The van der Waals surface area contributed by atoms with E-state index >= 15 is 0 Å². The summed E-state index contributed by atoms with van der Waals surface area (Å²) in [5, 5.41) is 0. The van der Waals surface area contributed by atoms with Gasteiger partial charge in [-0.2, -0.15) is 0 Å². The number of morpholine rings is 1. The van der Waals surface area contributed by atoms with Crippen molar-refractivity contribution in [2.75, 3.05) is 39.9 Å². The van der Waals surface area contributed by atoms with Crippen LogP contribution < -0.4 is 9.46 Å². The van der Waals surface area contributed by atoms with Crippen molar-refractivity contribution in [3.63, 3.8) is 0 Å². The van der Waals surface area contributed by atoms with Crippen LogP contribution in [0.25, 0.3) is 0 Å². The highest BCUT2D eigenvalue weighted by molar-refractivity contribution is 7.89. The van der Waals surface area contributed by atoms with Crippen LogP contribution in [0, 0.1) is 6.92 Å². The Labute approximate surface area is 161 Å². The van der Waals surface area contributed by atoms with E-state index in [1.165, 1.54) is 0 Å². The number of aryl methyl sites for hydroxylation is 1. The van der Waals surface area contributed by atoms with Gasteiger partial charge < -0.3 is 9.47 Å². The van der Waals surface area contributed by atoms with Gasteiger partial charge in [0.05, 0.1) is 24.7 Å². The number of methoxy groups -OCH3 is 1. The summed E-state index contributed by atoms with van der Waals surface area (Å²) in [5.74, 6) is 0.675. The third kappa shape index (κ3) is 5.07. The van der Waals surface area contributed by atoms with E-state index in [2.05, 4.69) is 21.8 Å². The molecule has 1 fully saturated rings.